The number of carbonyl (C=O) groups excluding carboxylic acids is 1. The molecular formula is C24H32N4O3S. The standard InChI is InChI=1S/C24H32N4O3S/c1-5-19(6-2)28-21-8-7-16(24(31)26-17(9-15(3)4)12-23(29)30)10-20(21)27-22(28)11-18-13-32-14-25-18/h7-8,10,13-15,17,19H,5-6,9,11-12H2,1-4H3,(H,26,31)(H,29,30). The summed E-state index contributed by atoms with van der Waals surface area (Å²) in [6.07, 6.45) is 3.14. The van der Waals surface area contributed by atoms with Crippen molar-refractivity contribution in [2.75, 3.05) is 0 Å². The summed E-state index contributed by atoms with van der Waals surface area (Å²) in [7, 11) is 0. The molecule has 3 aromatic rings. The molecule has 172 valence electrons. The first-order valence-corrected chi connectivity index (χ1v) is 12.2. The van der Waals surface area contributed by atoms with E-state index in [-0.39, 0.29) is 18.2 Å². The zero-order valence-electron chi connectivity index (χ0n) is 19.2. The molecule has 3 rings (SSSR count). The van der Waals surface area contributed by atoms with Gasteiger partial charge in [0.15, 0.2) is 0 Å². The molecule has 0 aliphatic carbocycles. The molecular weight excluding hydrogens is 424 g/mol. The Morgan fingerprint density at radius 1 is 1.22 bits per heavy atom. The van der Waals surface area contributed by atoms with Gasteiger partial charge in [-0.1, -0.05) is 27.7 Å². The molecule has 1 aromatic carbocycles. The number of carbonyl (C=O) groups is 2. The van der Waals surface area contributed by atoms with Crippen LogP contribution in [0.2, 0.25) is 0 Å². The fourth-order valence-electron chi connectivity index (χ4n) is 4.20. The van der Waals surface area contributed by atoms with Gasteiger partial charge in [0.2, 0.25) is 0 Å². The second kappa shape index (κ2) is 10.7. The number of aromatic nitrogens is 3. The molecule has 0 fully saturated rings. The average Bonchev–Trinajstić information content (AvgIpc) is 3.36. The lowest BCUT2D eigenvalue weighted by molar-refractivity contribution is -0.137. The van der Waals surface area contributed by atoms with Gasteiger partial charge in [-0.05, 0) is 43.4 Å². The van der Waals surface area contributed by atoms with Gasteiger partial charge in [-0.2, -0.15) is 0 Å². The van der Waals surface area contributed by atoms with Crippen molar-refractivity contribution in [2.24, 2.45) is 5.92 Å². The number of carboxylic acids is 1. The summed E-state index contributed by atoms with van der Waals surface area (Å²) < 4.78 is 2.28. The van der Waals surface area contributed by atoms with Gasteiger partial charge in [-0.3, -0.25) is 9.59 Å². The Morgan fingerprint density at radius 3 is 2.56 bits per heavy atom. The van der Waals surface area contributed by atoms with E-state index in [2.05, 4.69) is 28.7 Å². The summed E-state index contributed by atoms with van der Waals surface area (Å²) in [5, 5.41) is 14.1. The van der Waals surface area contributed by atoms with Gasteiger partial charge in [-0.15, -0.1) is 11.3 Å². The van der Waals surface area contributed by atoms with Crippen LogP contribution in [0, 0.1) is 5.92 Å². The molecule has 2 N–H and O–H groups in total. The number of amides is 1. The number of hydrogen-bond donors (Lipinski definition) is 2. The summed E-state index contributed by atoms with van der Waals surface area (Å²) in [4.78, 5) is 33.4. The molecule has 7 nitrogen and oxygen atoms in total. The average molecular weight is 457 g/mol. The summed E-state index contributed by atoms with van der Waals surface area (Å²) >= 11 is 1.57. The van der Waals surface area contributed by atoms with Crippen molar-refractivity contribution in [1.82, 2.24) is 19.9 Å². The second-order valence-electron chi connectivity index (χ2n) is 8.63. The minimum atomic E-state index is -0.915. The largest absolute Gasteiger partial charge is 0.481 e. The van der Waals surface area contributed by atoms with Crippen molar-refractivity contribution < 1.29 is 14.7 Å². The maximum absolute atomic E-state index is 12.9. The number of carboxylic acid groups (broad SMARTS) is 1. The van der Waals surface area contributed by atoms with Gasteiger partial charge in [0.05, 0.1) is 28.7 Å². The summed E-state index contributed by atoms with van der Waals surface area (Å²) in [5.74, 6) is 0.0470. The first-order chi connectivity index (χ1) is 15.3. The van der Waals surface area contributed by atoms with Crippen molar-refractivity contribution in [3.63, 3.8) is 0 Å². The smallest absolute Gasteiger partial charge is 0.305 e. The van der Waals surface area contributed by atoms with E-state index in [4.69, 9.17) is 4.98 Å². The van der Waals surface area contributed by atoms with Crippen LogP contribution in [0.5, 0.6) is 0 Å². The molecule has 2 aromatic heterocycles. The Labute approximate surface area is 192 Å². The highest BCUT2D eigenvalue weighted by Gasteiger charge is 2.21. The molecule has 8 heteroatoms. The highest BCUT2D eigenvalue weighted by atomic mass is 32.1. The number of benzene rings is 1. The van der Waals surface area contributed by atoms with Crippen LogP contribution in [-0.2, 0) is 11.2 Å². The maximum atomic E-state index is 12.9. The van der Waals surface area contributed by atoms with Gasteiger partial charge >= 0.3 is 5.97 Å². The summed E-state index contributed by atoms with van der Waals surface area (Å²) in [6.45, 7) is 8.38. The van der Waals surface area contributed by atoms with Crippen LogP contribution in [0.15, 0.2) is 29.1 Å². The monoisotopic (exact) mass is 456 g/mol. The Morgan fingerprint density at radius 2 is 1.97 bits per heavy atom. The van der Waals surface area contributed by atoms with E-state index in [9.17, 15) is 14.7 Å². The highest BCUT2D eigenvalue weighted by Crippen LogP contribution is 2.28. The highest BCUT2D eigenvalue weighted by molar-refractivity contribution is 7.07. The number of fused-ring (bicyclic) bond motifs is 1. The van der Waals surface area contributed by atoms with Crippen LogP contribution in [0.4, 0.5) is 0 Å². The normalized spacial score (nSPS) is 12.6. The van der Waals surface area contributed by atoms with Gasteiger partial charge in [0.1, 0.15) is 5.82 Å². The zero-order valence-corrected chi connectivity index (χ0v) is 20.0. The molecule has 0 aliphatic heterocycles. The van der Waals surface area contributed by atoms with Crippen molar-refractivity contribution in [3.8, 4) is 0 Å². The van der Waals surface area contributed by atoms with E-state index in [0.29, 0.717) is 24.4 Å². The van der Waals surface area contributed by atoms with E-state index >= 15 is 0 Å². The molecule has 0 spiro atoms. The molecule has 0 bridgehead atoms. The maximum Gasteiger partial charge on any atom is 0.305 e. The zero-order chi connectivity index (χ0) is 23.3. The Balaban J connectivity index is 1.93. The minimum Gasteiger partial charge on any atom is -0.481 e. The van der Waals surface area contributed by atoms with E-state index in [1.165, 1.54) is 0 Å². The fraction of sp³-hybridized carbons (Fsp3) is 0.500. The van der Waals surface area contributed by atoms with Gasteiger partial charge in [0.25, 0.3) is 5.91 Å². The number of nitrogens with zero attached hydrogens (tertiary/aromatic N) is 3. The van der Waals surface area contributed by atoms with E-state index in [0.717, 1.165) is 35.4 Å². The van der Waals surface area contributed by atoms with Crippen molar-refractivity contribution in [1.29, 1.82) is 0 Å². The third kappa shape index (κ3) is 5.73. The second-order valence-corrected chi connectivity index (χ2v) is 9.34. The topological polar surface area (TPSA) is 97.1 Å². The Bertz CT molecular complexity index is 1050. The number of nitrogens with one attached hydrogen (secondary N) is 1. The van der Waals surface area contributed by atoms with Crippen LogP contribution in [0.1, 0.15) is 81.3 Å². The number of rotatable bonds is 11. The predicted molar refractivity (Wildman–Crippen MR) is 127 cm³/mol. The molecule has 32 heavy (non-hydrogen) atoms. The van der Waals surface area contributed by atoms with Crippen LogP contribution in [-0.4, -0.2) is 37.6 Å². The van der Waals surface area contributed by atoms with E-state index in [1.54, 1.807) is 23.5 Å². The third-order valence-electron chi connectivity index (χ3n) is 5.67. The first-order valence-electron chi connectivity index (χ1n) is 11.2. The van der Waals surface area contributed by atoms with Crippen LogP contribution in [0.25, 0.3) is 11.0 Å². The van der Waals surface area contributed by atoms with E-state index in [1.807, 2.05) is 30.8 Å². The van der Waals surface area contributed by atoms with Crippen molar-refractivity contribution >= 4 is 34.2 Å². The first kappa shape index (κ1) is 23.9. The molecule has 0 radical (unpaired) electrons. The van der Waals surface area contributed by atoms with Crippen LogP contribution in [0.3, 0.4) is 0 Å². The number of aliphatic carboxylic acids is 1. The van der Waals surface area contributed by atoms with Gasteiger partial charge in [0, 0.05) is 29.4 Å². The quantitative estimate of drug-likeness (QED) is 0.420. The summed E-state index contributed by atoms with van der Waals surface area (Å²) in [6, 6.07) is 5.48. The van der Waals surface area contributed by atoms with Gasteiger partial charge < -0.3 is 15.0 Å². The van der Waals surface area contributed by atoms with Crippen LogP contribution < -0.4 is 5.32 Å². The minimum absolute atomic E-state index is 0.0900. The van der Waals surface area contributed by atoms with Gasteiger partial charge in [-0.25, -0.2) is 9.97 Å². The molecule has 1 atom stereocenters. The molecule has 0 aliphatic rings. The molecule has 1 unspecified atom stereocenters. The predicted octanol–water partition coefficient (Wildman–Crippen LogP) is 5.06. The lowest BCUT2D eigenvalue weighted by Gasteiger charge is -2.19. The molecule has 0 saturated heterocycles. The van der Waals surface area contributed by atoms with Crippen molar-refractivity contribution in [2.45, 2.75) is 71.9 Å². The Hall–Kier alpha value is -2.74. The number of hydrogen-bond acceptors (Lipinski definition) is 5. The molecule has 0 saturated carbocycles. The van der Waals surface area contributed by atoms with Crippen LogP contribution >= 0.6 is 11.3 Å². The van der Waals surface area contributed by atoms with Crippen molar-refractivity contribution in [3.05, 3.63) is 46.2 Å². The molecule has 2 heterocycles. The van der Waals surface area contributed by atoms with E-state index < -0.39 is 12.0 Å². The lowest BCUT2D eigenvalue weighted by atomic mass is 10.0. The summed E-state index contributed by atoms with van der Waals surface area (Å²) in [5.41, 5.74) is 5.08. The number of thiazole rings is 1. The lowest BCUT2D eigenvalue weighted by Crippen LogP contribution is -2.37. The molecule has 1 amide bonds. The Kier molecular flexibility index (Phi) is 8.01. The fourth-order valence-corrected chi connectivity index (χ4v) is 4.76. The third-order valence-corrected chi connectivity index (χ3v) is 6.30. The SMILES string of the molecule is CCC(CC)n1c(Cc2cscn2)nc2cc(C(=O)NC(CC(=O)O)CC(C)C)ccc21. The number of imidazole rings is 1.